The summed E-state index contributed by atoms with van der Waals surface area (Å²) >= 11 is 2.63. The number of hydrogen-bond acceptors (Lipinski definition) is 6. The highest BCUT2D eigenvalue weighted by Crippen LogP contribution is 2.32. The summed E-state index contributed by atoms with van der Waals surface area (Å²) < 4.78 is 24.2. The molecule has 1 N–H and O–H groups in total. The Balaban J connectivity index is 1.63. The highest BCUT2D eigenvalue weighted by molar-refractivity contribution is 7.90. The molecular weight excluding hydrogens is 412 g/mol. The van der Waals surface area contributed by atoms with Gasteiger partial charge in [0, 0.05) is 11.8 Å². The van der Waals surface area contributed by atoms with E-state index in [0.717, 1.165) is 16.7 Å². The predicted octanol–water partition coefficient (Wildman–Crippen LogP) is 4.99. The molecule has 142 valence electrons. The van der Waals surface area contributed by atoms with Gasteiger partial charge in [-0.15, -0.1) is 11.3 Å². The number of aromatic nitrogens is 1. The molecule has 4 aromatic rings. The van der Waals surface area contributed by atoms with Crippen LogP contribution in [0.5, 0.6) is 0 Å². The van der Waals surface area contributed by atoms with Gasteiger partial charge in [0.2, 0.25) is 0 Å². The molecule has 5 nitrogen and oxygen atoms in total. The molecule has 0 radical (unpaired) electrons. The van der Waals surface area contributed by atoms with Crippen molar-refractivity contribution in [1.82, 2.24) is 4.98 Å². The standard InChI is InChI=1S/C20H16N2O3S3/c1-12-3-5-13(6-4-12)15-9-10-26-18(15)19(23)22-20-21-16-8-7-14(28(2,24)25)11-17(16)27-20/h3-11H,1-2H3,(H,21,22,23). The van der Waals surface area contributed by atoms with Gasteiger partial charge in [0.15, 0.2) is 15.0 Å². The zero-order chi connectivity index (χ0) is 19.9. The van der Waals surface area contributed by atoms with Crippen molar-refractivity contribution >= 4 is 53.8 Å². The summed E-state index contributed by atoms with van der Waals surface area (Å²) in [5.74, 6) is -0.229. The summed E-state index contributed by atoms with van der Waals surface area (Å²) in [7, 11) is -3.29. The molecule has 0 aliphatic rings. The number of nitrogens with one attached hydrogen (secondary N) is 1. The van der Waals surface area contributed by atoms with Gasteiger partial charge in [0.1, 0.15) is 4.88 Å². The van der Waals surface area contributed by atoms with E-state index in [1.165, 1.54) is 35.0 Å². The number of nitrogens with zero attached hydrogens (tertiary/aromatic N) is 1. The molecule has 8 heteroatoms. The van der Waals surface area contributed by atoms with Gasteiger partial charge in [-0.2, -0.15) is 0 Å². The normalized spacial score (nSPS) is 11.6. The van der Waals surface area contributed by atoms with Gasteiger partial charge in [0.05, 0.1) is 15.1 Å². The first-order valence-corrected chi connectivity index (χ1v) is 12.0. The summed E-state index contributed by atoms with van der Waals surface area (Å²) in [5, 5.41) is 5.17. The summed E-state index contributed by atoms with van der Waals surface area (Å²) in [6, 6.07) is 14.7. The fraction of sp³-hybridized carbons (Fsp3) is 0.100. The van der Waals surface area contributed by atoms with Gasteiger partial charge < -0.3 is 0 Å². The second-order valence-electron chi connectivity index (χ2n) is 6.40. The van der Waals surface area contributed by atoms with E-state index >= 15 is 0 Å². The Morgan fingerprint density at radius 2 is 1.82 bits per heavy atom. The van der Waals surface area contributed by atoms with Crippen molar-refractivity contribution in [1.29, 1.82) is 0 Å². The zero-order valence-corrected chi connectivity index (χ0v) is 17.5. The number of anilines is 1. The van der Waals surface area contributed by atoms with Crippen molar-refractivity contribution < 1.29 is 13.2 Å². The lowest BCUT2D eigenvalue weighted by Gasteiger charge is -2.04. The number of fused-ring (bicyclic) bond motifs is 1. The summed E-state index contributed by atoms with van der Waals surface area (Å²) in [6.07, 6.45) is 1.17. The van der Waals surface area contributed by atoms with Crippen LogP contribution in [-0.4, -0.2) is 25.6 Å². The average Bonchev–Trinajstić information content (AvgIpc) is 3.27. The van der Waals surface area contributed by atoms with Crippen LogP contribution in [0.15, 0.2) is 58.8 Å². The number of sulfone groups is 1. The van der Waals surface area contributed by atoms with Gasteiger partial charge in [-0.05, 0) is 42.1 Å². The third kappa shape index (κ3) is 3.71. The topological polar surface area (TPSA) is 76.1 Å². The largest absolute Gasteiger partial charge is 0.297 e. The van der Waals surface area contributed by atoms with E-state index in [0.29, 0.717) is 20.2 Å². The Morgan fingerprint density at radius 3 is 2.54 bits per heavy atom. The third-order valence-electron chi connectivity index (χ3n) is 4.24. The second-order valence-corrected chi connectivity index (χ2v) is 10.4. The number of rotatable bonds is 4. The quantitative estimate of drug-likeness (QED) is 0.497. The number of hydrogen-bond donors (Lipinski definition) is 1. The minimum absolute atomic E-state index is 0.229. The van der Waals surface area contributed by atoms with E-state index in [9.17, 15) is 13.2 Å². The Kier molecular flexibility index (Phi) is 4.78. The van der Waals surface area contributed by atoms with Crippen LogP contribution in [0.4, 0.5) is 5.13 Å². The minimum Gasteiger partial charge on any atom is -0.297 e. The Morgan fingerprint density at radius 1 is 1.07 bits per heavy atom. The van der Waals surface area contributed by atoms with Gasteiger partial charge >= 0.3 is 0 Å². The van der Waals surface area contributed by atoms with Crippen LogP contribution >= 0.6 is 22.7 Å². The molecular formula is C20H16N2O3S3. The number of carbonyl (C=O) groups excluding carboxylic acids is 1. The molecule has 4 rings (SSSR count). The highest BCUT2D eigenvalue weighted by Gasteiger charge is 2.17. The molecule has 0 saturated heterocycles. The average molecular weight is 429 g/mol. The first-order valence-electron chi connectivity index (χ1n) is 8.38. The van der Waals surface area contributed by atoms with Gasteiger partial charge in [-0.1, -0.05) is 41.2 Å². The molecule has 0 spiro atoms. The summed E-state index contributed by atoms with van der Waals surface area (Å²) in [6.45, 7) is 2.02. The molecule has 0 unspecified atom stereocenters. The molecule has 0 atom stereocenters. The van der Waals surface area contributed by atoms with Gasteiger partial charge in [0.25, 0.3) is 5.91 Å². The first kappa shape index (κ1) is 18.8. The van der Waals surface area contributed by atoms with Gasteiger partial charge in [-0.25, -0.2) is 13.4 Å². The van der Waals surface area contributed by atoms with E-state index in [2.05, 4.69) is 10.3 Å². The van der Waals surface area contributed by atoms with Crippen LogP contribution in [-0.2, 0) is 9.84 Å². The molecule has 28 heavy (non-hydrogen) atoms. The molecule has 1 amide bonds. The zero-order valence-electron chi connectivity index (χ0n) is 15.1. The monoisotopic (exact) mass is 428 g/mol. The van der Waals surface area contributed by atoms with E-state index < -0.39 is 9.84 Å². The lowest BCUT2D eigenvalue weighted by atomic mass is 10.0. The molecule has 2 heterocycles. The molecule has 0 aliphatic carbocycles. The van der Waals surface area contributed by atoms with Crippen molar-refractivity contribution in [2.75, 3.05) is 11.6 Å². The fourth-order valence-electron chi connectivity index (χ4n) is 2.79. The summed E-state index contributed by atoms with van der Waals surface area (Å²) in [4.78, 5) is 18.1. The van der Waals surface area contributed by atoms with Crippen LogP contribution in [0.2, 0.25) is 0 Å². The van der Waals surface area contributed by atoms with Crippen molar-refractivity contribution in [2.24, 2.45) is 0 Å². The minimum atomic E-state index is -3.29. The predicted molar refractivity (Wildman–Crippen MR) is 115 cm³/mol. The Labute approximate surface area is 170 Å². The van der Waals surface area contributed by atoms with Crippen LogP contribution in [0.25, 0.3) is 21.3 Å². The van der Waals surface area contributed by atoms with Crippen molar-refractivity contribution in [3.8, 4) is 11.1 Å². The number of thiazole rings is 1. The van der Waals surface area contributed by atoms with Crippen LogP contribution < -0.4 is 5.32 Å². The van der Waals surface area contributed by atoms with Crippen LogP contribution in [0, 0.1) is 6.92 Å². The summed E-state index contributed by atoms with van der Waals surface area (Å²) in [5.41, 5.74) is 3.67. The SMILES string of the molecule is Cc1ccc(-c2ccsc2C(=O)Nc2nc3ccc(S(C)(=O)=O)cc3s2)cc1. The number of benzene rings is 2. The maximum Gasteiger partial charge on any atom is 0.268 e. The molecule has 0 bridgehead atoms. The lowest BCUT2D eigenvalue weighted by molar-refractivity contribution is 0.103. The maximum absolute atomic E-state index is 12.8. The maximum atomic E-state index is 12.8. The second kappa shape index (κ2) is 7.12. The van der Waals surface area contributed by atoms with E-state index in [4.69, 9.17) is 0 Å². The highest BCUT2D eigenvalue weighted by atomic mass is 32.2. The molecule has 2 aromatic heterocycles. The molecule has 0 fully saturated rings. The Hall–Kier alpha value is -2.55. The third-order valence-corrected chi connectivity index (χ3v) is 7.20. The van der Waals surface area contributed by atoms with Crippen molar-refractivity contribution in [3.63, 3.8) is 0 Å². The van der Waals surface area contributed by atoms with E-state index in [1.807, 2.05) is 42.6 Å². The number of amides is 1. The van der Waals surface area contributed by atoms with Crippen molar-refractivity contribution in [3.05, 3.63) is 64.4 Å². The van der Waals surface area contributed by atoms with Crippen LogP contribution in [0.1, 0.15) is 15.2 Å². The number of aryl methyl sites for hydroxylation is 1. The van der Waals surface area contributed by atoms with Gasteiger partial charge in [-0.3, -0.25) is 10.1 Å². The van der Waals surface area contributed by atoms with Crippen molar-refractivity contribution in [2.45, 2.75) is 11.8 Å². The number of thiophene rings is 1. The Bertz CT molecular complexity index is 1290. The fourth-order valence-corrected chi connectivity index (χ4v) is 5.22. The number of carbonyl (C=O) groups is 1. The molecule has 0 saturated carbocycles. The van der Waals surface area contributed by atoms with Crippen LogP contribution in [0.3, 0.4) is 0 Å². The van der Waals surface area contributed by atoms with E-state index in [1.54, 1.807) is 12.1 Å². The molecule has 2 aromatic carbocycles. The first-order chi connectivity index (χ1) is 13.3. The smallest absolute Gasteiger partial charge is 0.268 e. The van der Waals surface area contributed by atoms with E-state index in [-0.39, 0.29) is 10.8 Å². The lowest BCUT2D eigenvalue weighted by Crippen LogP contribution is -2.10. The molecule has 0 aliphatic heterocycles.